The van der Waals surface area contributed by atoms with Crippen molar-refractivity contribution in [2.75, 3.05) is 0 Å². The smallest absolute Gasteiger partial charge is 0.406 e. The van der Waals surface area contributed by atoms with Gasteiger partial charge in [-0.05, 0) is 54.4 Å². The molecule has 0 saturated heterocycles. The Morgan fingerprint density at radius 3 is 2.10 bits per heavy atom. The number of hydrogen-bond donors (Lipinski definition) is 0. The second-order valence-corrected chi connectivity index (χ2v) is 8.74. The fraction of sp³-hybridized carbons (Fsp3) is 0.148. The maximum atomic E-state index is 13.4. The minimum atomic E-state index is -4.84. The zero-order valence-corrected chi connectivity index (χ0v) is 20.4. The second-order valence-electron chi connectivity index (χ2n) is 8.74. The molecule has 39 heavy (non-hydrogen) atoms. The molecule has 0 atom stereocenters. The average Bonchev–Trinajstić information content (AvgIpc) is 3.50. The first-order chi connectivity index (χ1) is 18.4. The van der Waals surface area contributed by atoms with Gasteiger partial charge in [0, 0.05) is 18.2 Å². The lowest BCUT2D eigenvalue weighted by Gasteiger charge is -2.15. The van der Waals surface area contributed by atoms with Gasteiger partial charge in [0.25, 0.3) is 0 Å². The topological polar surface area (TPSA) is 57.8 Å². The van der Waals surface area contributed by atoms with Crippen molar-refractivity contribution in [1.82, 2.24) is 24.8 Å². The van der Waals surface area contributed by atoms with E-state index in [1.165, 1.54) is 30.1 Å². The van der Waals surface area contributed by atoms with Crippen molar-refractivity contribution < 1.29 is 31.1 Å². The number of ether oxygens (including phenoxy) is 1. The Morgan fingerprint density at radius 1 is 0.769 bits per heavy atom. The van der Waals surface area contributed by atoms with Crippen LogP contribution in [-0.4, -0.2) is 31.1 Å². The van der Waals surface area contributed by atoms with Crippen LogP contribution in [0.5, 0.6) is 5.75 Å². The Kier molecular flexibility index (Phi) is 6.41. The zero-order chi connectivity index (χ0) is 27.9. The van der Waals surface area contributed by atoms with E-state index in [4.69, 9.17) is 0 Å². The Balaban J connectivity index is 1.67. The lowest BCUT2D eigenvalue weighted by molar-refractivity contribution is -0.274. The summed E-state index contributed by atoms with van der Waals surface area (Å²) in [6.07, 6.45) is -8.07. The van der Waals surface area contributed by atoms with Gasteiger partial charge in [0.2, 0.25) is 0 Å². The van der Waals surface area contributed by atoms with Crippen molar-refractivity contribution >= 4 is 0 Å². The third kappa shape index (κ3) is 5.49. The summed E-state index contributed by atoms with van der Waals surface area (Å²) in [4.78, 5) is 0. The SMILES string of the molecule is Cc1cccc(-c2ccc(-c3cc(C(F)(F)F)nn3C)c(-n3nncc3-c3ccc(OC(F)(F)F)cc3)c2)c1. The van der Waals surface area contributed by atoms with Gasteiger partial charge in [-0.1, -0.05) is 47.2 Å². The molecule has 0 aliphatic heterocycles. The van der Waals surface area contributed by atoms with Crippen molar-refractivity contribution in [3.05, 3.63) is 90.3 Å². The van der Waals surface area contributed by atoms with Gasteiger partial charge in [0.15, 0.2) is 5.69 Å². The quantitative estimate of drug-likeness (QED) is 0.220. The third-order valence-electron chi connectivity index (χ3n) is 5.96. The van der Waals surface area contributed by atoms with E-state index in [1.54, 1.807) is 18.2 Å². The molecule has 0 bridgehead atoms. The number of aryl methyl sites for hydroxylation is 2. The molecule has 0 unspecified atom stereocenters. The number of alkyl halides is 6. The third-order valence-corrected chi connectivity index (χ3v) is 5.96. The van der Waals surface area contributed by atoms with Gasteiger partial charge in [-0.3, -0.25) is 4.68 Å². The average molecular weight is 543 g/mol. The number of halogens is 6. The van der Waals surface area contributed by atoms with E-state index in [0.29, 0.717) is 22.5 Å². The monoisotopic (exact) mass is 543 g/mol. The number of nitrogens with zero attached hydrogens (tertiary/aromatic N) is 5. The fourth-order valence-corrected chi connectivity index (χ4v) is 4.22. The highest BCUT2D eigenvalue weighted by Gasteiger charge is 2.35. The molecule has 6 nitrogen and oxygen atoms in total. The summed E-state index contributed by atoms with van der Waals surface area (Å²) in [6, 6.07) is 19.0. The van der Waals surface area contributed by atoms with Crippen molar-refractivity contribution in [3.8, 4) is 45.1 Å². The minimum Gasteiger partial charge on any atom is -0.406 e. The first-order valence-corrected chi connectivity index (χ1v) is 11.5. The molecule has 0 amide bonds. The first kappa shape index (κ1) is 26.0. The molecule has 5 aromatic rings. The van der Waals surface area contributed by atoms with E-state index in [2.05, 4.69) is 20.1 Å². The molecular weight excluding hydrogens is 524 g/mol. The van der Waals surface area contributed by atoms with Gasteiger partial charge >= 0.3 is 12.5 Å². The lowest BCUT2D eigenvalue weighted by Crippen LogP contribution is -2.16. The number of hydrogen-bond acceptors (Lipinski definition) is 4. The molecule has 0 radical (unpaired) electrons. The molecule has 0 aliphatic rings. The summed E-state index contributed by atoms with van der Waals surface area (Å²) in [5.41, 5.74) is 3.44. The van der Waals surface area contributed by atoms with Crippen LogP contribution in [0.15, 0.2) is 79.0 Å². The van der Waals surface area contributed by atoms with Crippen LogP contribution in [0.4, 0.5) is 26.3 Å². The summed E-state index contributed by atoms with van der Waals surface area (Å²) in [5.74, 6) is -0.401. The van der Waals surface area contributed by atoms with Crippen LogP contribution in [0.3, 0.4) is 0 Å². The van der Waals surface area contributed by atoms with Gasteiger partial charge < -0.3 is 4.74 Å². The molecule has 2 heterocycles. The predicted octanol–water partition coefficient (Wildman–Crippen LogP) is 7.23. The Hall–Kier alpha value is -4.61. The summed E-state index contributed by atoms with van der Waals surface area (Å²) in [7, 11) is 1.41. The maximum Gasteiger partial charge on any atom is 0.573 e. The van der Waals surface area contributed by atoms with Gasteiger partial charge in [-0.2, -0.15) is 18.3 Å². The molecule has 12 heteroatoms. The van der Waals surface area contributed by atoms with Crippen molar-refractivity contribution in [1.29, 1.82) is 0 Å². The van der Waals surface area contributed by atoms with E-state index < -0.39 is 24.0 Å². The van der Waals surface area contributed by atoms with Crippen LogP contribution >= 0.6 is 0 Å². The van der Waals surface area contributed by atoms with E-state index >= 15 is 0 Å². The van der Waals surface area contributed by atoms with Crippen LogP contribution in [0.1, 0.15) is 11.3 Å². The summed E-state index contributed by atoms with van der Waals surface area (Å²) >= 11 is 0. The molecule has 0 fully saturated rings. The minimum absolute atomic E-state index is 0.184. The Bertz CT molecular complexity index is 1630. The number of benzene rings is 3. The summed E-state index contributed by atoms with van der Waals surface area (Å²) < 4.78 is 84.6. The highest BCUT2D eigenvalue weighted by atomic mass is 19.4. The number of aromatic nitrogens is 5. The van der Waals surface area contributed by atoms with Gasteiger partial charge in [0.05, 0.1) is 23.3 Å². The molecule has 0 N–H and O–H groups in total. The van der Waals surface area contributed by atoms with Crippen LogP contribution < -0.4 is 4.74 Å². The lowest BCUT2D eigenvalue weighted by atomic mass is 9.99. The fourth-order valence-electron chi connectivity index (χ4n) is 4.22. The summed E-state index contributed by atoms with van der Waals surface area (Å²) in [5, 5.41) is 11.8. The molecule has 3 aromatic carbocycles. The van der Waals surface area contributed by atoms with Crippen LogP contribution in [0.2, 0.25) is 0 Å². The van der Waals surface area contributed by atoms with Crippen LogP contribution in [0, 0.1) is 6.92 Å². The van der Waals surface area contributed by atoms with E-state index in [0.717, 1.165) is 39.6 Å². The molecule has 200 valence electrons. The molecular formula is C27H19F6N5O. The van der Waals surface area contributed by atoms with Gasteiger partial charge in [0.1, 0.15) is 5.75 Å². The molecule has 0 aliphatic carbocycles. The van der Waals surface area contributed by atoms with E-state index in [9.17, 15) is 26.3 Å². The van der Waals surface area contributed by atoms with E-state index in [-0.39, 0.29) is 5.69 Å². The van der Waals surface area contributed by atoms with Crippen LogP contribution in [0.25, 0.3) is 39.3 Å². The van der Waals surface area contributed by atoms with Crippen LogP contribution in [-0.2, 0) is 13.2 Å². The van der Waals surface area contributed by atoms with Crippen molar-refractivity contribution in [3.63, 3.8) is 0 Å². The van der Waals surface area contributed by atoms with Crippen molar-refractivity contribution in [2.24, 2.45) is 7.05 Å². The Labute approximate surface area is 218 Å². The maximum absolute atomic E-state index is 13.4. The summed E-state index contributed by atoms with van der Waals surface area (Å²) in [6.45, 7) is 1.94. The normalized spacial score (nSPS) is 12.1. The van der Waals surface area contributed by atoms with Gasteiger partial charge in [-0.25, -0.2) is 4.68 Å². The Morgan fingerprint density at radius 2 is 1.46 bits per heavy atom. The molecule has 5 rings (SSSR count). The molecule has 0 saturated carbocycles. The highest BCUT2D eigenvalue weighted by molar-refractivity contribution is 5.79. The standard InChI is InChI=1S/C27H19F6N5O/c1-16-4-3-5-18(12-16)19-8-11-21(22-14-25(26(28,29)30)35-37(22)2)23(13-19)38-24(15-34-36-38)17-6-9-20(10-7-17)39-27(31,32)33/h3-15H,1-2H3. The first-order valence-electron chi connectivity index (χ1n) is 11.5. The van der Waals surface area contributed by atoms with E-state index in [1.807, 2.05) is 31.2 Å². The predicted molar refractivity (Wildman–Crippen MR) is 131 cm³/mol. The zero-order valence-electron chi connectivity index (χ0n) is 20.4. The highest BCUT2D eigenvalue weighted by Crippen LogP contribution is 2.37. The largest absolute Gasteiger partial charge is 0.573 e. The number of rotatable bonds is 5. The van der Waals surface area contributed by atoms with Crippen molar-refractivity contribution in [2.45, 2.75) is 19.5 Å². The van der Waals surface area contributed by atoms with Gasteiger partial charge in [-0.15, -0.1) is 18.3 Å². The molecule has 2 aromatic heterocycles. The second kappa shape index (κ2) is 9.61. The molecule has 0 spiro atoms.